The lowest BCUT2D eigenvalue weighted by Gasteiger charge is -2.38. The van der Waals surface area contributed by atoms with Gasteiger partial charge in [-0.1, -0.05) is 48.5 Å². The number of amides is 1. The van der Waals surface area contributed by atoms with Gasteiger partial charge in [0.15, 0.2) is 12.4 Å². The first-order valence-electron chi connectivity index (χ1n) is 13.3. The Bertz CT molecular complexity index is 1060. The molecule has 2 aromatic rings. The zero-order valence-electron chi connectivity index (χ0n) is 22.0. The van der Waals surface area contributed by atoms with Gasteiger partial charge in [-0.25, -0.2) is 0 Å². The zero-order chi connectivity index (χ0) is 27.1. The van der Waals surface area contributed by atoms with Crippen LogP contribution < -0.4 is 5.32 Å². The van der Waals surface area contributed by atoms with Crippen LogP contribution in [0.4, 0.5) is 0 Å². The summed E-state index contributed by atoms with van der Waals surface area (Å²) in [6.07, 6.45) is 1.08. The van der Waals surface area contributed by atoms with Gasteiger partial charge in [0, 0.05) is 38.0 Å². The first-order valence-corrected chi connectivity index (χ1v) is 13.3. The molecule has 5 atom stereocenters. The van der Waals surface area contributed by atoms with Crippen LogP contribution in [0.15, 0.2) is 48.5 Å². The van der Waals surface area contributed by atoms with Crippen molar-refractivity contribution in [2.45, 2.75) is 76.9 Å². The van der Waals surface area contributed by atoms with E-state index < -0.39 is 18.4 Å². The fourth-order valence-electron chi connectivity index (χ4n) is 5.06. The van der Waals surface area contributed by atoms with Gasteiger partial charge in [-0.2, -0.15) is 0 Å². The molecule has 5 unspecified atom stereocenters. The average molecular weight is 527 g/mol. The van der Waals surface area contributed by atoms with Gasteiger partial charge in [0.05, 0.1) is 25.4 Å². The van der Waals surface area contributed by atoms with E-state index in [4.69, 9.17) is 14.2 Å². The molecule has 4 rings (SSSR count). The third-order valence-electron chi connectivity index (χ3n) is 7.19. The second-order valence-corrected chi connectivity index (χ2v) is 10.0. The highest BCUT2D eigenvalue weighted by molar-refractivity contribution is 5.82. The molecule has 2 saturated heterocycles. The highest BCUT2D eigenvalue weighted by Crippen LogP contribution is 2.38. The minimum atomic E-state index is -0.850. The minimum Gasteiger partial charge on any atom is -0.453 e. The average Bonchev–Trinajstić information content (AvgIpc) is 3.38. The van der Waals surface area contributed by atoms with Crippen LogP contribution in [-0.2, 0) is 37.0 Å². The van der Waals surface area contributed by atoms with E-state index in [0.29, 0.717) is 13.0 Å². The monoisotopic (exact) mass is 526 g/mol. The van der Waals surface area contributed by atoms with Gasteiger partial charge < -0.3 is 29.7 Å². The number of nitrogens with one attached hydrogen (secondary N) is 1. The molecule has 0 saturated carbocycles. The molecule has 9 nitrogen and oxygen atoms in total. The number of benzene rings is 2. The molecular weight excluding hydrogens is 488 g/mol. The van der Waals surface area contributed by atoms with Crippen LogP contribution in [0.5, 0.6) is 0 Å². The molecule has 2 aliphatic rings. The summed E-state index contributed by atoms with van der Waals surface area (Å²) in [5.41, 5.74) is 3.64. The Kier molecular flexibility index (Phi) is 9.87. The van der Waals surface area contributed by atoms with Crippen LogP contribution in [-0.4, -0.2) is 64.9 Å². The third-order valence-corrected chi connectivity index (χ3v) is 7.19. The molecule has 2 heterocycles. The van der Waals surface area contributed by atoms with Crippen molar-refractivity contribution in [2.24, 2.45) is 0 Å². The van der Waals surface area contributed by atoms with E-state index in [1.54, 1.807) is 0 Å². The molecule has 0 aromatic heterocycles. The summed E-state index contributed by atoms with van der Waals surface area (Å²) in [5, 5.41) is 22.0. The summed E-state index contributed by atoms with van der Waals surface area (Å²) in [6, 6.07) is 15.7. The second-order valence-electron chi connectivity index (χ2n) is 10.0. The van der Waals surface area contributed by atoms with E-state index in [1.807, 2.05) is 48.5 Å². The Balaban J connectivity index is 1.44. The lowest BCUT2D eigenvalue weighted by molar-refractivity contribution is -0.253. The molecule has 0 radical (unpaired) electrons. The molecule has 1 amide bonds. The first-order chi connectivity index (χ1) is 18.4. The van der Waals surface area contributed by atoms with Gasteiger partial charge in [-0.3, -0.25) is 14.5 Å². The highest BCUT2D eigenvalue weighted by Gasteiger charge is 2.35. The van der Waals surface area contributed by atoms with Crippen molar-refractivity contribution in [1.82, 2.24) is 10.2 Å². The van der Waals surface area contributed by atoms with Crippen molar-refractivity contribution in [2.75, 3.05) is 19.7 Å². The molecular formula is C29H38N2O7. The summed E-state index contributed by atoms with van der Waals surface area (Å²) >= 11 is 0. The predicted octanol–water partition coefficient (Wildman–Crippen LogP) is 2.75. The Morgan fingerprint density at radius 1 is 1.05 bits per heavy atom. The number of likely N-dealkylation sites (tertiary alicyclic amines) is 1. The Hall–Kier alpha value is -2.82. The van der Waals surface area contributed by atoms with Crippen molar-refractivity contribution in [1.29, 1.82) is 0 Å². The maximum Gasteiger partial charge on any atom is 0.303 e. The number of aliphatic hydroxyl groups is 2. The maximum atomic E-state index is 12.1. The number of esters is 1. The molecule has 3 N–H and O–H groups in total. The molecule has 2 aliphatic heterocycles. The van der Waals surface area contributed by atoms with Crippen LogP contribution in [0.25, 0.3) is 0 Å². The van der Waals surface area contributed by atoms with Crippen molar-refractivity contribution in [3.05, 3.63) is 70.8 Å². The largest absolute Gasteiger partial charge is 0.453 e. The predicted molar refractivity (Wildman–Crippen MR) is 140 cm³/mol. The zero-order valence-corrected chi connectivity index (χ0v) is 22.0. The smallest absolute Gasteiger partial charge is 0.303 e. The highest BCUT2D eigenvalue weighted by atomic mass is 16.7. The quantitative estimate of drug-likeness (QED) is 0.405. The lowest BCUT2D eigenvalue weighted by atomic mass is 9.99. The summed E-state index contributed by atoms with van der Waals surface area (Å²) in [6.45, 7) is 4.92. The van der Waals surface area contributed by atoms with Crippen molar-refractivity contribution in [3.8, 4) is 0 Å². The number of ether oxygens (including phenoxy) is 3. The van der Waals surface area contributed by atoms with Crippen LogP contribution in [0.2, 0.25) is 0 Å². The van der Waals surface area contributed by atoms with Crippen molar-refractivity contribution >= 4 is 11.9 Å². The molecule has 206 valence electrons. The normalized spacial score (nSPS) is 24.6. The summed E-state index contributed by atoms with van der Waals surface area (Å²) in [7, 11) is 0. The fraction of sp³-hybridized carbons (Fsp3) is 0.517. The number of carbonyl (C=O) groups is 2. The van der Waals surface area contributed by atoms with Crippen molar-refractivity contribution in [3.63, 3.8) is 0 Å². The summed E-state index contributed by atoms with van der Waals surface area (Å²) in [5.74, 6) is -0.855. The van der Waals surface area contributed by atoms with Gasteiger partial charge in [0.2, 0.25) is 0 Å². The van der Waals surface area contributed by atoms with Crippen LogP contribution in [0.1, 0.15) is 67.8 Å². The maximum absolute atomic E-state index is 12.1. The van der Waals surface area contributed by atoms with Crippen molar-refractivity contribution < 1.29 is 34.0 Å². The standard InChI is InChI=1S/C29H38N2O7/c1-19(36-20(2)34)28(35)30-15-21-5-11-24(12-6-21)29-37-26(16-31-13-3-4-25(31)18-33)14-27(38-29)23-9-7-22(17-32)8-10-23/h5-12,19,25-27,29,32-33H,3-4,13-18H2,1-2H3,(H,30,35). The van der Waals surface area contributed by atoms with Crippen LogP contribution in [0, 0.1) is 0 Å². The molecule has 0 bridgehead atoms. The Labute approximate surface area is 223 Å². The molecule has 38 heavy (non-hydrogen) atoms. The number of hydrogen-bond donors (Lipinski definition) is 3. The van der Waals surface area contributed by atoms with Gasteiger partial charge in [-0.15, -0.1) is 0 Å². The first kappa shape index (κ1) is 28.2. The second kappa shape index (κ2) is 13.3. The third kappa shape index (κ3) is 7.39. The van der Waals surface area contributed by atoms with Gasteiger partial charge in [0.1, 0.15) is 0 Å². The van der Waals surface area contributed by atoms with E-state index >= 15 is 0 Å². The van der Waals surface area contributed by atoms with Gasteiger partial charge in [0.25, 0.3) is 5.91 Å². The number of carbonyl (C=O) groups excluding carboxylic acids is 2. The number of hydrogen-bond acceptors (Lipinski definition) is 8. The number of rotatable bonds is 10. The number of aliphatic hydroxyl groups excluding tert-OH is 2. The Morgan fingerprint density at radius 3 is 2.39 bits per heavy atom. The summed E-state index contributed by atoms with van der Waals surface area (Å²) in [4.78, 5) is 25.5. The molecule has 0 spiro atoms. The molecule has 2 fully saturated rings. The fourth-order valence-corrected chi connectivity index (χ4v) is 5.06. The molecule has 9 heteroatoms. The van der Waals surface area contributed by atoms with Crippen LogP contribution in [0.3, 0.4) is 0 Å². The van der Waals surface area contributed by atoms with E-state index in [0.717, 1.165) is 48.2 Å². The van der Waals surface area contributed by atoms with E-state index in [-0.39, 0.29) is 37.4 Å². The minimum absolute atomic E-state index is 0.00680. The summed E-state index contributed by atoms with van der Waals surface area (Å²) < 4.78 is 17.8. The number of nitrogens with zero attached hydrogens (tertiary/aromatic N) is 1. The van der Waals surface area contributed by atoms with Gasteiger partial charge in [-0.05, 0) is 43.0 Å². The topological polar surface area (TPSA) is 118 Å². The molecule has 0 aliphatic carbocycles. The van der Waals surface area contributed by atoms with E-state index in [2.05, 4.69) is 10.2 Å². The molecule has 2 aromatic carbocycles. The van der Waals surface area contributed by atoms with Crippen LogP contribution >= 0.6 is 0 Å². The van der Waals surface area contributed by atoms with E-state index in [9.17, 15) is 19.8 Å². The SMILES string of the molecule is CC(=O)OC(C)C(=O)NCc1ccc(C2OC(CN3CCCC3CO)CC(c3ccc(CO)cc3)O2)cc1. The Morgan fingerprint density at radius 2 is 1.74 bits per heavy atom. The van der Waals surface area contributed by atoms with Gasteiger partial charge >= 0.3 is 5.97 Å². The van der Waals surface area contributed by atoms with E-state index in [1.165, 1.54) is 13.8 Å². The lowest BCUT2D eigenvalue weighted by Crippen LogP contribution is -2.42.